The van der Waals surface area contributed by atoms with Crippen molar-refractivity contribution in [1.82, 2.24) is 24.9 Å². The molecule has 1 aliphatic rings. The van der Waals surface area contributed by atoms with E-state index >= 15 is 0 Å². The van der Waals surface area contributed by atoms with Gasteiger partial charge in [-0.05, 0) is 49.1 Å². The van der Waals surface area contributed by atoms with Gasteiger partial charge in [0.05, 0.1) is 35.5 Å². The van der Waals surface area contributed by atoms with E-state index in [4.69, 9.17) is 21.1 Å². The third-order valence-electron chi connectivity index (χ3n) is 6.88. The van der Waals surface area contributed by atoms with Gasteiger partial charge in [0.25, 0.3) is 15.9 Å². The summed E-state index contributed by atoms with van der Waals surface area (Å²) in [5.74, 6) is 0.212. The molecule has 14 heteroatoms. The molecule has 3 aromatic heterocycles. The molecule has 6 rings (SSSR count). The van der Waals surface area contributed by atoms with Crippen LogP contribution in [0.4, 0.5) is 5.13 Å². The van der Waals surface area contributed by atoms with E-state index in [1.54, 1.807) is 54.1 Å². The van der Waals surface area contributed by atoms with Gasteiger partial charge >= 0.3 is 0 Å². The molecule has 5 aromatic rings. The minimum absolute atomic E-state index is 0.0292. The van der Waals surface area contributed by atoms with E-state index in [9.17, 15) is 13.2 Å². The van der Waals surface area contributed by atoms with Crippen LogP contribution in [-0.2, 0) is 10.0 Å². The highest BCUT2D eigenvalue weighted by molar-refractivity contribution is 7.90. The number of sulfonamides is 1. The first kappa shape index (κ1) is 27.9. The molecule has 4 heterocycles. The maximum atomic E-state index is 13.1. The van der Waals surface area contributed by atoms with Crippen LogP contribution < -0.4 is 19.1 Å². The molecule has 1 fully saturated rings. The molecule has 42 heavy (non-hydrogen) atoms. The predicted molar refractivity (Wildman–Crippen MR) is 159 cm³/mol. The van der Waals surface area contributed by atoms with E-state index in [-0.39, 0.29) is 27.1 Å². The Kier molecular flexibility index (Phi) is 7.96. The number of carbonyl (C=O) groups excluding carboxylic acids is 1. The number of aromatic amines is 1. The highest BCUT2D eigenvalue weighted by Crippen LogP contribution is 2.32. The summed E-state index contributed by atoms with van der Waals surface area (Å²) in [4.78, 5) is 23.6. The molecule has 0 radical (unpaired) electrons. The average molecular weight is 625 g/mol. The van der Waals surface area contributed by atoms with Crippen molar-refractivity contribution in [3.8, 4) is 17.4 Å². The molecule has 1 amide bonds. The number of ether oxygens (including phenoxy) is 2. The number of benzene rings is 2. The number of hydrogen-bond acceptors (Lipinski definition) is 10. The number of thiazole rings is 1. The fourth-order valence-corrected chi connectivity index (χ4v) is 6.57. The van der Waals surface area contributed by atoms with Crippen LogP contribution in [0.2, 0.25) is 5.02 Å². The normalized spacial score (nSPS) is 14.2. The first-order valence-corrected chi connectivity index (χ1v) is 15.8. The SMILES string of the molecule is O=C(NS(=O)(=O)c1cnc(OCC2CCN(c3nccs3)CC2)c(Cl)c1)c1ccccc1Oc1cccc2[nH]ncc12. The number of nitrogens with zero attached hydrogens (tertiary/aromatic N) is 4. The van der Waals surface area contributed by atoms with Crippen molar-refractivity contribution in [3.05, 3.63) is 83.1 Å². The topological polar surface area (TPSA) is 139 Å². The zero-order valence-corrected chi connectivity index (χ0v) is 24.5. The Hall–Kier alpha value is -4.20. The van der Waals surface area contributed by atoms with Gasteiger partial charge in [-0.2, -0.15) is 5.10 Å². The van der Waals surface area contributed by atoms with Crippen LogP contribution in [0.25, 0.3) is 10.9 Å². The maximum Gasteiger partial charge on any atom is 0.268 e. The first-order chi connectivity index (χ1) is 20.4. The Bertz CT molecular complexity index is 1820. The van der Waals surface area contributed by atoms with Crippen molar-refractivity contribution in [2.45, 2.75) is 17.7 Å². The van der Waals surface area contributed by atoms with Crippen LogP contribution in [0, 0.1) is 5.92 Å². The summed E-state index contributed by atoms with van der Waals surface area (Å²) in [6.45, 7) is 2.17. The second-order valence-corrected chi connectivity index (χ2v) is 12.6. The number of para-hydroxylation sites is 1. The number of pyridine rings is 1. The van der Waals surface area contributed by atoms with E-state index in [1.165, 1.54) is 12.1 Å². The monoisotopic (exact) mass is 624 g/mol. The van der Waals surface area contributed by atoms with Crippen molar-refractivity contribution in [1.29, 1.82) is 0 Å². The Morgan fingerprint density at radius 1 is 1.10 bits per heavy atom. The number of aromatic nitrogens is 4. The van der Waals surface area contributed by atoms with Crippen molar-refractivity contribution < 1.29 is 22.7 Å². The van der Waals surface area contributed by atoms with Crippen molar-refractivity contribution >= 4 is 54.9 Å². The first-order valence-electron chi connectivity index (χ1n) is 13.1. The van der Waals surface area contributed by atoms with E-state index in [0.717, 1.165) is 42.8 Å². The predicted octanol–water partition coefficient (Wildman–Crippen LogP) is 5.27. The highest BCUT2D eigenvalue weighted by Gasteiger charge is 2.25. The van der Waals surface area contributed by atoms with Gasteiger partial charge in [0.15, 0.2) is 5.13 Å². The molecule has 0 saturated carbocycles. The van der Waals surface area contributed by atoms with Gasteiger partial charge in [-0.1, -0.05) is 29.8 Å². The third kappa shape index (κ3) is 6.03. The summed E-state index contributed by atoms with van der Waals surface area (Å²) in [6, 6.07) is 12.9. The second kappa shape index (κ2) is 12.0. The largest absolute Gasteiger partial charge is 0.476 e. The number of anilines is 1. The number of hydrogen-bond donors (Lipinski definition) is 2. The summed E-state index contributed by atoms with van der Waals surface area (Å²) < 4.78 is 40.1. The van der Waals surface area contributed by atoms with Crippen molar-refractivity contribution in [2.75, 3.05) is 24.6 Å². The molecule has 0 bridgehead atoms. The third-order valence-corrected chi connectivity index (χ3v) is 9.28. The molecule has 216 valence electrons. The molecule has 11 nitrogen and oxygen atoms in total. The molecule has 2 N–H and O–H groups in total. The highest BCUT2D eigenvalue weighted by atomic mass is 35.5. The van der Waals surface area contributed by atoms with Gasteiger partial charge in [-0.15, -0.1) is 11.3 Å². The number of halogens is 1. The Labute approximate surface area is 250 Å². The lowest BCUT2D eigenvalue weighted by Crippen LogP contribution is -2.35. The molecular formula is C28H25ClN6O5S2. The molecule has 0 atom stereocenters. The minimum atomic E-state index is -4.31. The van der Waals surface area contributed by atoms with Crippen LogP contribution >= 0.6 is 22.9 Å². The zero-order valence-electron chi connectivity index (χ0n) is 22.1. The van der Waals surface area contributed by atoms with Gasteiger partial charge in [-0.3, -0.25) is 9.89 Å². The van der Waals surface area contributed by atoms with Crippen LogP contribution in [0.1, 0.15) is 23.2 Å². The Morgan fingerprint density at radius 3 is 2.69 bits per heavy atom. The van der Waals surface area contributed by atoms with Crippen LogP contribution in [0.3, 0.4) is 0 Å². The number of H-pyrrole nitrogens is 1. The van der Waals surface area contributed by atoms with E-state index in [1.807, 2.05) is 11.4 Å². The van der Waals surface area contributed by atoms with Gasteiger partial charge in [0, 0.05) is 24.7 Å². The average Bonchev–Trinajstić information content (AvgIpc) is 3.70. The molecule has 0 aliphatic carbocycles. The maximum absolute atomic E-state index is 13.1. The summed E-state index contributed by atoms with van der Waals surface area (Å²) >= 11 is 7.96. The fourth-order valence-electron chi connectivity index (χ4n) is 4.65. The molecule has 0 spiro atoms. The quantitative estimate of drug-likeness (QED) is 0.224. The standard InChI is InChI=1S/C28H25ClN6O5S2/c29-22-14-19(15-31-27(22)39-17-18-8-11-35(12-9-18)28-30-10-13-41-28)42(37,38)34-26(36)20-4-1-2-6-24(20)40-25-7-3-5-23-21(25)16-32-33-23/h1-7,10,13-16,18H,8-9,11-12,17H2,(H,32,33)(H,34,36). The minimum Gasteiger partial charge on any atom is -0.476 e. The van der Waals surface area contributed by atoms with Crippen LogP contribution in [0.15, 0.2) is 77.4 Å². The smallest absolute Gasteiger partial charge is 0.268 e. The van der Waals surface area contributed by atoms with Gasteiger partial charge in [-0.25, -0.2) is 23.1 Å². The molecular weight excluding hydrogens is 600 g/mol. The number of rotatable bonds is 9. The van der Waals surface area contributed by atoms with E-state index in [0.29, 0.717) is 23.7 Å². The Morgan fingerprint density at radius 2 is 1.90 bits per heavy atom. The zero-order chi connectivity index (χ0) is 29.1. The number of carbonyl (C=O) groups is 1. The van der Waals surface area contributed by atoms with Gasteiger partial charge in [0.2, 0.25) is 5.88 Å². The summed E-state index contributed by atoms with van der Waals surface area (Å²) in [5, 5.41) is 10.6. The van der Waals surface area contributed by atoms with Crippen molar-refractivity contribution in [3.63, 3.8) is 0 Å². The number of nitrogens with one attached hydrogen (secondary N) is 2. The molecule has 2 aromatic carbocycles. The van der Waals surface area contributed by atoms with E-state index in [2.05, 4.69) is 29.8 Å². The van der Waals surface area contributed by atoms with Crippen LogP contribution in [0.5, 0.6) is 17.4 Å². The number of fused-ring (bicyclic) bond motifs is 1. The lowest BCUT2D eigenvalue weighted by atomic mass is 9.98. The summed E-state index contributed by atoms with van der Waals surface area (Å²) in [7, 11) is -4.31. The molecule has 1 aliphatic heterocycles. The van der Waals surface area contributed by atoms with Crippen molar-refractivity contribution in [2.24, 2.45) is 5.92 Å². The Balaban J connectivity index is 1.10. The summed E-state index contributed by atoms with van der Waals surface area (Å²) in [6.07, 6.45) is 6.38. The van der Waals surface area contributed by atoms with Gasteiger partial charge in [0.1, 0.15) is 21.4 Å². The fraction of sp³-hybridized carbons (Fsp3) is 0.214. The summed E-state index contributed by atoms with van der Waals surface area (Å²) in [5.41, 5.74) is 0.785. The van der Waals surface area contributed by atoms with E-state index < -0.39 is 15.9 Å². The van der Waals surface area contributed by atoms with Crippen LogP contribution in [-0.4, -0.2) is 54.2 Å². The second-order valence-electron chi connectivity index (χ2n) is 9.63. The number of amides is 1. The molecule has 1 saturated heterocycles. The number of piperidine rings is 1. The molecule has 0 unspecified atom stereocenters. The lowest BCUT2D eigenvalue weighted by molar-refractivity contribution is 0.0979. The lowest BCUT2D eigenvalue weighted by Gasteiger charge is -2.31. The van der Waals surface area contributed by atoms with Gasteiger partial charge < -0.3 is 14.4 Å².